The molecular formula is C33H43N7O3S. The number of piperidine rings is 1. The monoisotopic (exact) mass is 617 g/mol. The molecule has 2 saturated heterocycles. The second-order valence-electron chi connectivity index (χ2n) is 13.7. The summed E-state index contributed by atoms with van der Waals surface area (Å²) in [6, 6.07) is 4.66. The van der Waals surface area contributed by atoms with Crippen molar-refractivity contribution in [3.05, 3.63) is 33.4 Å². The lowest BCUT2D eigenvalue weighted by atomic mass is 9.66. The first-order valence-corrected chi connectivity index (χ1v) is 17.1. The maximum atomic E-state index is 10.9. The number of likely N-dealkylation sites (tertiary alicyclic amines) is 1. The van der Waals surface area contributed by atoms with E-state index in [1.807, 2.05) is 13.0 Å². The Morgan fingerprint density at radius 1 is 1.16 bits per heavy atom. The highest BCUT2D eigenvalue weighted by Crippen LogP contribution is 2.54. The van der Waals surface area contributed by atoms with Crippen LogP contribution in [0.1, 0.15) is 99.0 Å². The number of fused-ring (bicyclic) bond motifs is 4. The maximum Gasteiger partial charge on any atom is 0.219 e. The van der Waals surface area contributed by atoms with Crippen LogP contribution >= 0.6 is 11.3 Å². The lowest BCUT2D eigenvalue weighted by Gasteiger charge is -2.37. The predicted octanol–water partition coefficient (Wildman–Crippen LogP) is 5.21. The third kappa shape index (κ3) is 5.05. The Balaban J connectivity index is 1.33. The molecule has 2 fully saturated rings. The number of nitrogens with two attached hydrogens (primary N) is 1. The largest absolute Gasteiger partial charge is 0.473 e. The fraction of sp³-hybridized carbons (Fsp3) is 0.636. The van der Waals surface area contributed by atoms with Gasteiger partial charge in [-0.05, 0) is 97.2 Å². The Hall–Kier alpha value is -3.20. The number of hydrogen-bond donors (Lipinski definition) is 2. The van der Waals surface area contributed by atoms with Crippen molar-refractivity contribution >= 4 is 22.2 Å². The van der Waals surface area contributed by atoms with E-state index >= 15 is 0 Å². The molecular weight excluding hydrogens is 574 g/mol. The molecule has 234 valence electrons. The molecule has 0 amide bonds. The normalized spacial score (nSPS) is 27.9. The van der Waals surface area contributed by atoms with Crippen molar-refractivity contribution in [2.45, 2.75) is 108 Å². The van der Waals surface area contributed by atoms with E-state index in [1.165, 1.54) is 4.88 Å². The summed E-state index contributed by atoms with van der Waals surface area (Å²) in [5.41, 5.74) is 8.51. The number of nitrogen functional groups attached to an aromatic ring is 1. The Morgan fingerprint density at radius 3 is 2.77 bits per heavy atom. The Labute approximate surface area is 263 Å². The molecule has 3 aromatic heterocycles. The quantitative estimate of drug-likeness (QED) is 0.393. The van der Waals surface area contributed by atoms with Crippen LogP contribution in [-0.2, 0) is 18.3 Å². The maximum absolute atomic E-state index is 10.9. The SMILES string of the molecule is C[C@H](Oc1cc(N2CCC[C@@](C)(O)C2)nc(-c2noc3c2CCCC[C@]32CCCc3sc(N)c(C#N)c32)n1)[C@@H]1CCCN1C. The van der Waals surface area contributed by atoms with Gasteiger partial charge in [0.2, 0.25) is 5.88 Å². The van der Waals surface area contributed by atoms with E-state index < -0.39 is 11.0 Å². The van der Waals surface area contributed by atoms with E-state index in [0.29, 0.717) is 40.5 Å². The smallest absolute Gasteiger partial charge is 0.219 e. The average Bonchev–Trinajstić information content (AvgIpc) is 3.68. The average molecular weight is 618 g/mol. The number of likely N-dealkylation sites (N-methyl/N-ethyl adjacent to an activating group) is 1. The zero-order chi connectivity index (χ0) is 30.6. The molecule has 0 bridgehead atoms. The van der Waals surface area contributed by atoms with Gasteiger partial charge in [-0.1, -0.05) is 11.6 Å². The minimum atomic E-state index is -0.791. The number of thiophene rings is 1. The van der Waals surface area contributed by atoms with Gasteiger partial charge in [0.1, 0.15) is 23.0 Å². The number of anilines is 2. The van der Waals surface area contributed by atoms with Crippen LogP contribution < -0.4 is 15.4 Å². The summed E-state index contributed by atoms with van der Waals surface area (Å²) < 4.78 is 12.9. The minimum absolute atomic E-state index is 0.0469. The molecule has 0 radical (unpaired) electrons. The van der Waals surface area contributed by atoms with Crippen LogP contribution in [0.4, 0.5) is 10.8 Å². The third-order valence-electron chi connectivity index (χ3n) is 10.4. The number of β-amino-alcohol motifs (C(OH)–C–C–N with tert-alkyl or cyclic N) is 1. The van der Waals surface area contributed by atoms with Gasteiger partial charge in [0.25, 0.3) is 0 Å². The summed E-state index contributed by atoms with van der Waals surface area (Å²) in [4.78, 5) is 15.7. The molecule has 4 atom stereocenters. The summed E-state index contributed by atoms with van der Waals surface area (Å²) in [5, 5.41) is 26.3. The first kappa shape index (κ1) is 29.5. The number of rotatable bonds is 5. The topological polar surface area (TPSA) is 138 Å². The van der Waals surface area contributed by atoms with Crippen LogP contribution in [-0.4, -0.2) is 69.6 Å². The van der Waals surface area contributed by atoms with E-state index in [4.69, 9.17) is 25.0 Å². The number of aliphatic hydroxyl groups is 1. The molecule has 1 spiro atoms. The first-order chi connectivity index (χ1) is 21.2. The molecule has 3 aromatic rings. The summed E-state index contributed by atoms with van der Waals surface area (Å²) in [6.45, 7) is 6.36. The molecule has 4 aliphatic rings. The minimum Gasteiger partial charge on any atom is -0.473 e. The number of nitrogens with zero attached hydrogens (tertiary/aromatic N) is 6. The van der Waals surface area contributed by atoms with Crippen molar-refractivity contribution in [3.8, 4) is 23.5 Å². The zero-order valence-corrected chi connectivity index (χ0v) is 26.9. The van der Waals surface area contributed by atoms with Crippen LogP contribution in [0.5, 0.6) is 5.88 Å². The molecule has 44 heavy (non-hydrogen) atoms. The number of aryl methyl sites for hydroxylation is 1. The van der Waals surface area contributed by atoms with Crippen LogP contribution in [0.3, 0.4) is 0 Å². The summed E-state index contributed by atoms with van der Waals surface area (Å²) >= 11 is 1.55. The second-order valence-corrected chi connectivity index (χ2v) is 14.8. The predicted molar refractivity (Wildman–Crippen MR) is 170 cm³/mol. The first-order valence-electron chi connectivity index (χ1n) is 16.2. The highest BCUT2D eigenvalue weighted by Gasteiger charge is 2.48. The van der Waals surface area contributed by atoms with Gasteiger partial charge in [-0.25, -0.2) is 4.98 Å². The number of ether oxygens (including phenoxy) is 1. The summed E-state index contributed by atoms with van der Waals surface area (Å²) in [6.07, 6.45) is 10.4. The fourth-order valence-corrected chi connectivity index (χ4v) is 9.49. The molecule has 3 N–H and O–H groups in total. The van der Waals surface area contributed by atoms with Gasteiger partial charge in [-0.2, -0.15) is 10.2 Å². The Kier molecular flexibility index (Phi) is 7.58. The van der Waals surface area contributed by atoms with E-state index in [0.717, 1.165) is 106 Å². The van der Waals surface area contributed by atoms with Crippen molar-refractivity contribution in [1.82, 2.24) is 20.0 Å². The number of hydrogen-bond acceptors (Lipinski definition) is 11. The van der Waals surface area contributed by atoms with E-state index in [1.54, 1.807) is 11.3 Å². The lowest BCUT2D eigenvalue weighted by molar-refractivity contribution is 0.0446. The van der Waals surface area contributed by atoms with Crippen LogP contribution in [0.15, 0.2) is 10.6 Å². The van der Waals surface area contributed by atoms with E-state index in [-0.39, 0.29) is 6.10 Å². The molecule has 10 nitrogen and oxygen atoms in total. The van der Waals surface area contributed by atoms with Crippen LogP contribution in [0.25, 0.3) is 11.5 Å². The molecule has 7 rings (SSSR count). The molecule has 11 heteroatoms. The van der Waals surface area contributed by atoms with Gasteiger partial charge in [0, 0.05) is 35.6 Å². The van der Waals surface area contributed by atoms with Crippen molar-refractivity contribution < 1.29 is 14.4 Å². The van der Waals surface area contributed by atoms with Gasteiger partial charge in [-0.15, -0.1) is 11.3 Å². The number of nitriles is 1. The van der Waals surface area contributed by atoms with Gasteiger partial charge in [-0.3, -0.25) is 4.90 Å². The molecule has 2 aliphatic carbocycles. The van der Waals surface area contributed by atoms with Crippen LogP contribution in [0.2, 0.25) is 0 Å². The van der Waals surface area contributed by atoms with Crippen molar-refractivity contribution in [2.24, 2.45) is 0 Å². The highest BCUT2D eigenvalue weighted by molar-refractivity contribution is 7.16. The fourth-order valence-electron chi connectivity index (χ4n) is 8.33. The third-order valence-corrected chi connectivity index (χ3v) is 11.5. The highest BCUT2D eigenvalue weighted by atomic mass is 32.1. The van der Waals surface area contributed by atoms with Gasteiger partial charge >= 0.3 is 0 Å². The Bertz CT molecular complexity index is 1590. The molecule has 0 unspecified atom stereocenters. The second kappa shape index (κ2) is 11.3. The number of aromatic nitrogens is 3. The van der Waals surface area contributed by atoms with E-state index in [9.17, 15) is 10.4 Å². The molecule has 0 aromatic carbocycles. The van der Waals surface area contributed by atoms with Crippen molar-refractivity contribution in [1.29, 1.82) is 5.26 Å². The molecule has 2 aliphatic heterocycles. The van der Waals surface area contributed by atoms with Gasteiger partial charge in [0.15, 0.2) is 17.3 Å². The lowest BCUT2D eigenvalue weighted by Crippen LogP contribution is -2.46. The van der Waals surface area contributed by atoms with Crippen molar-refractivity contribution in [2.75, 3.05) is 37.3 Å². The molecule has 5 heterocycles. The van der Waals surface area contributed by atoms with Crippen LogP contribution in [0, 0.1) is 11.3 Å². The molecule has 0 saturated carbocycles. The standard InChI is InChI=1S/C33H43N7O3S/c1-20(23-10-7-15-39(23)3)42-26-17-25(40-16-8-12-32(2,41)19-40)36-31(37-26)28-21-9-4-5-13-33(29(21)43-38-28)14-6-11-24-27(33)22(18-34)30(35)44-24/h17,20,23,41H,4-16,19,35H2,1-3H3/t20-,23-,32+,33+/m0/s1. The zero-order valence-electron chi connectivity index (χ0n) is 26.1. The summed E-state index contributed by atoms with van der Waals surface area (Å²) in [5.74, 6) is 2.58. The summed E-state index contributed by atoms with van der Waals surface area (Å²) in [7, 11) is 2.15. The Morgan fingerprint density at radius 2 is 2.00 bits per heavy atom. The van der Waals surface area contributed by atoms with E-state index in [2.05, 4.69) is 35.0 Å². The van der Waals surface area contributed by atoms with Crippen molar-refractivity contribution in [3.63, 3.8) is 0 Å². The van der Waals surface area contributed by atoms with Gasteiger partial charge in [0.05, 0.1) is 16.6 Å². The van der Waals surface area contributed by atoms with Gasteiger partial charge < -0.3 is 25.0 Å².